The fourth-order valence-electron chi connectivity index (χ4n) is 1.75. The van der Waals surface area contributed by atoms with Gasteiger partial charge in [0.15, 0.2) is 5.75 Å². The lowest BCUT2D eigenvalue weighted by atomic mass is 10.2. The van der Waals surface area contributed by atoms with E-state index in [1.54, 1.807) is 6.07 Å². The van der Waals surface area contributed by atoms with Crippen LogP contribution < -0.4 is 10.2 Å². The van der Waals surface area contributed by atoms with Crippen molar-refractivity contribution in [2.24, 2.45) is 5.10 Å². The van der Waals surface area contributed by atoms with Crippen LogP contribution in [0.1, 0.15) is 15.9 Å². The molecule has 0 aliphatic carbocycles. The average molecular weight is 395 g/mol. The molecule has 2 rings (SSSR count). The normalized spacial score (nSPS) is 10.6. The summed E-state index contributed by atoms with van der Waals surface area (Å²) >= 11 is 3.20. The third kappa shape index (κ3) is 4.04. The third-order valence-corrected chi connectivity index (χ3v) is 3.27. The molecule has 0 fully saturated rings. The summed E-state index contributed by atoms with van der Waals surface area (Å²) < 4.78 is 5.51. The first-order chi connectivity index (χ1) is 11.4. The smallest absolute Gasteiger partial charge is 0.315 e. The van der Waals surface area contributed by atoms with E-state index in [1.807, 2.05) is 0 Å². The summed E-state index contributed by atoms with van der Waals surface area (Å²) in [6, 6.07) is 4.01. The van der Waals surface area contributed by atoms with Gasteiger partial charge in [0.2, 0.25) is 5.75 Å². The number of ether oxygens (including phenoxy) is 1. The van der Waals surface area contributed by atoms with Crippen molar-refractivity contribution in [1.82, 2.24) is 10.4 Å². The number of halogens is 1. The molecular formula is C14H11BrN4O5. The molecule has 2 aromatic rings. The standard InChI is InChI=1S/C14H11BrN4O5/c1-24-12-3-8(2-11(13(12)20)19(22)23)5-17-18-14(21)9-4-10(15)7-16-6-9/h2-7,20H,1H3,(H,18,21)/b17-5-. The van der Waals surface area contributed by atoms with Gasteiger partial charge in [0.25, 0.3) is 5.91 Å². The number of rotatable bonds is 5. The van der Waals surface area contributed by atoms with Gasteiger partial charge in [-0.05, 0) is 28.1 Å². The number of amides is 1. The fourth-order valence-corrected chi connectivity index (χ4v) is 2.11. The zero-order valence-corrected chi connectivity index (χ0v) is 13.8. The minimum atomic E-state index is -0.749. The highest BCUT2D eigenvalue weighted by molar-refractivity contribution is 9.10. The number of nitrogens with one attached hydrogen (secondary N) is 1. The molecule has 2 N–H and O–H groups in total. The van der Waals surface area contributed by atoms with Crippen LogP contribution in [0.3, 0.4) is 0 Å². The summed E-state index contributed by atoms with van der Waals surface area (Å²) in [6.07, 6.45) is 4.09. The number of phenols is 1. The van der Waals surface area contributed by atoms with Crippen molar-refractivity contribution in [2.45, 2.75) is 0 Å². The Labute approximate surface area is 144 Å². The van der Waals surface area contributed by atoms with E-state index in [4.69, 9.17) is 4.74 Å². The van der Waals surface area contributed by atoms with Crippen LogP contribution in [0, 0.1) is 10.1 Å². The lowest BCUT2D eigenvalue weighted by molar-refractivity contribution is -0.386. The lowest BCUT2D eigenvalue weighted by Crippen LogP contribution is -2.17. The Morgan fingerprint density at radius 2 is 2.21 bits per heavy atom. The minimum Gasteiger partial charge on any atom is -0.500 e. The third-order valence-electron chi connectivity index (χ3n) is 2.84. The number of nitrogens with zero attached hydrogens (tertiary/aromatic N) is 3. The number of phenolic OH excluding ortho intramolecular Hbond substituents is 1. The van der Waals surface area contributed by atoms with Crippen LogP contribution in [0.5, 0.6) is 11.5 Å². The predicted octanol–water partition coefficient (Wildman–Crippen LogP) is 2.23. The van der Waals surface area contributed by atoms with Crippen LogP contribution in [-0.2, 0) is 0 Å². The average Bonchev–Trinajstić information content (AvgIpc) is 2.55. The molecule has 0 unspecified atom stereocenters. The van der Waals surface area contributed by atoms with Crippen molar-refractivity contribution < 1.29 is 19.6 Å². The van der Waals surface area contributed by atoms with Crippen LogP contribution in [0.25, 0.3) is 0 Å². The van der Waals surface area contributed by atoms with Gasteiger partial charge in [-0.25, -0.2) is 5.43 Å². The highest BCUT2D eigenvalue weighted by Gasteiger charge is 2.19. The van der Waals surface area contributed by atoms with Crippen molar-refractivity contribution in [3.8, 4) is 11.5 Å². The van der Waals surface area contributed by atoms with E-state index in [9.17, 15) is 20.0 Å². The number of benzene rings is 1. The zero-order valence-electron chi connectivity index (χ0n) is 12.3. The molecule has 0 saturated carbocycles. The van der Waals surface area contributed by atoms with Crippen LogP contribution in [-0.4, -0.2) is 34.2 Å². The van der Waals surface area contributed by atoms with E-state index in [0.717, 1.165) is 6.07 Å². The summed E-state index contributed by atoms with van der Waals surface area (Å²) in [6.45, 7) is 0. The van der Waals surface area contributed by atoms with E-state index in [2.05, 4.69) is 31.4 Å². The predicted molar refractivity (Wildman–Crippen MR) is 88.3 cm³/mol. The molecule has 10 heteroatoms. The van der Waals surface area contributed by atoms with Crippen molar-refractivity contribution in [3.05, 3.63) is 56.3 Å². The van der Waals surface area contributed by atoms with E-state index < -0.39 is 22.3 Å². The molecule has 0 radical (unpaired) electrons. The van der Waals surface area contributed by atoms with Gasteiger partial charge in [-0.2, -0.15) is 5.10 Å². The van der Waals surface area contributed by atoms with Crippen LogP contribution >= 0.6 is 15.9 Å². The molecule has 1 aromatic carbocycles. The van der Waals surface area contributed by atoms with Crippen molar-refractivity contribution in [2.75, 3.05) is 7.11 Å². The monoisotopic (exact) mass is 394 g/mol. The Balaban J connectivity index is 2.18. The molecule has 0 spiro atoms. The van der Waals surface area contributed by atoms with Gasteiger partial charge >= 0.3 is 5.69 Å². The Bertz CT molecular complexity index is 825. The van der Waals surface area contributed by atoms with Gasteiger partial charge in [0, 0.05) is 28.5 Å². The first-order valence-electron chi connectivity index (χ1n) is 6.41. The topological polar surface area (TPSA) is 127 Å². The SMILES string of the molecule is COc1cc(/C=N\NC(=O)c2cncc(Br)c2)cc([N+](=O)[O-])c1O. The van der Waals surface area contributed by atoms with Crippen LogP contribution in [0.2, 0.25) is 0 Å². The van der Waals surface area contributed by atoms with E-state index in [-0.39, 0.29) is 16.9 Å². The Morgan fingerprint density at radius 1 is 1.46 bits per heavy atom. The first kappa shape index (κ1) is 17.3. The van der Waals surface area contributed by atoms with Gasteiger partial charge in [-0.1, -0.05) is 0 Å². The molecule has 0 bridgehead atoms. The summed E-state index contributed by atoms with van der Waals surface area (Å²) in [5.74, 6) is -1.16. The number of pyridine rings is 1. The maximum atomic E-state index is 11.9. The Hall–Kier alpha value is -3.01. The molecule has 1 aromatic heterocycles. The summed E-state index contributed by atoms with van der Waals surface area (Å²) in [5, 5.41) is 24.3. The zero-order chi connectivity index (χ0) is 17.7. The van der Waals surface area contributed by atoms with Gasteiger partial charge in [0.05, 0.1) is 23.8 Å². The van der Waals surface area contributed by atoms with E-state index in [1.165, 1.54) is 31.8 Å². The van der Waals surface area contributed by atoms with E-state index >= 15 is 0 Å². The summed E-state index contributed by atoms with van der Waals surface area (Å²) in [4.78, 5) is 25.9. The second-order valence-corrected chi connectivity index (χ2v) is 5.35. The van der Waals surface area contributed by atoms with E-state index in [0.29, 0.717) is 4.47 Å². The molecule has 9 nitrogen and oxygen atoms in total. The molecule has 0 aliphatic heterocycles. The molecule has 0 saturated heterocycles. The number of methoxy groups -OCH3 is 1. The molecule has 1 heterocycles. The Kier molecular flexibility index (Phi) is 5.42. The second-order valence-electron chi connectivity index (χ2n) is 4.44. The molecule has 1 amide bonds. The van der Waals surface area contributed by atoms with Gasteiger partial charge in [-0.3, -0.25) is 19.9 Å². The van der Waals surface area contributed by atoms with Crippen LogP contribution in [0.15, 0.2) is 40.2 Å². The fraction of sp³-hybridized carbons (Fsp3) is 0.0714. The number of hydrazone groups is 1. The highest BCUT2D eigenvalue weighted by atomic mass is 79.9. The van der Waals surface area contributed by atoms with Gasteiger partial charge < -0.3 is 9.84 Å². The van der Waals surface area contributed by atoms with Crippen molar-refractivity contribution >= 4 is 33.7 Å². The quantitative estimate of drug-likeness (QED) is 0.454. The van der Waals surface area contributed by atoms with Crippen LogP contribution in [0.4, 0.5) is 5.69 Å². The molecule has 0 atom stereocenters. The number of hydrogen-bond donors (Lipinski definition) is 2. The Morgan fingerprint density at radius 3 is 2.83 bits per heavy atom. The molecule has 124 valence electrons. The number of aromatic nitrogens is 1. The van der Waals surface area contributed by atoms with Gasteiger partial charge in [-0.15, -0.1) is 0 Å². The summed E-state index contributed by atoms with van der Waals surface area (Å²) in [5.41, 5.74) is 2.30. The highest BCUT2D eigenvalue weighted by Crippen LogP contribution is 2.36. The lowest BCUT2D eigenvalue weighted by Gasteiger charge is -2.05. The first-order valence-corrected chi connectivity index (χ1v) is 7.21. The second kappa shape index (κ2) is 7.51. The van der Waals surface area contributed by atoms with Crippen molar-refractivity contribution in [3.63, 3.8) is 0 Å². The minimum absolute atomic E-state index is 0.0758. The molecule has 24 heavy (non-hydrogen) atoms. The maximum absolute atomic E-state index is 11.9. The number of aromatic hydroxyl groups is 1. The van der Waals surface area contributed by atoms with Gasteiger partial charge in [0.1, 0.15) is 0 Å². The largest absolute Gasteiger partial charge is 0.500 e. The number of nitro benzene ring substituents is 1. The van der Waals surface area contributed by atoms with Crippen molar-refractivity contribution in [1.29, 1.82) is 0 Å². The number of carbonyl (C=O) groups excluding carboxylic acids is 1. The number of carbonyl (C=O) groups is 1. The molecule has 0 aliphatic rings. The summed E-state index contributed by atoms with van der Waals surface area (Å²) in [7, 11) is 1.27. The molecular weight excluding hydrogens is 384 g/mol. The number of nitro groups is 1. The number of hydrogen-bond acceptors (Lipinski definition) is 7. The maximum Gasteiger partial charge on any atom is 0.315 e.